The van der Waals surface area contributed by atoms with Gasteiger partial charge >= 0.3 is 0 Å². The molecule has 1 unspecified atom stereocenters. The number of nitrogens with zero attached hydrogens (tertiary/aromatic N) is 3. The molecule has 8 heteroatoms. The van der Waals surface area contributed by atoms with E-state index >= 15 is 0 Å². The number of hydrogen-bond acceptors (Lipinski definition) is 4. The molecule has 0 saturated heterocycles. The highest BCUT2D eigenvalue weighted by atomic mass is 127. The molecular formula is C22H34IN5O2. The third-order valence-electron chi connectivity index (χ3n) is 4.88. The van der Waals surface area contributed by atoms with E-state index in [9.17, 15) is 4.79 Å². The predicted octanol–water partition coefficient (Wildman–Crippen LogP) is 3.35. The molecule has 1 atom stereocenters. The Morgan fingerprint density at radius 2 is 1.77 bits per heavy atom. The summed E-state index contributed by atoms with van der Waals surface area (Å²) in [6.07, 6.45) is 1.71. The Kier molecular flexibility index (Phi) is 11.5. The van der Waals surface area contributed by atoms with Crippen LogP contribution in [0.2, 0.25) is 0 Å². The zero-order valence-electron chi connectivity index (χ0n) is 18.5. The fourth-order valence-corrected chi connectivity index (χ4v) is 3.18. The van der Waals surface area contributed by atoms with Crippen LogP contribution < -0.4 is 10.6 Å². The van der Waals surface area contributed by atoms with Gasteiger partial charge in [-0.15, -0.1) is 24.0 Å². The molecule has 0 aliphatic heterocycles. The zero-order valence-corrected chi connectivity index (χ0v) is 20.8. The van der Waals surface area contributed by atoms with Crippen molar-refractivity contribution in [1.82, 2.24) is 20.4 Å². The summed E-state index contributed by atoms with van der Waals surface area (Å²) in [5, 5.41) is 6.73. The summed E-state index contributed by atoms with van der Waals surface area (Å²) in [7, 11) is 5.26. The first-order chi connectivity index (χ1) is 14.0. The van der Waals surface area contributed by atoms with Crippen LogP contribution in [-0.4, -0.2) is 62.4 Å². The number of benzene rings is 1. The zero-order chi connectivity index (χ0) is 21.2. The number of furan rings is 1. The Morgan fingerprint density at radius 3 is 2.27 bits per heavy atom. The molecular weight excluding hydrogens is 493 g/mol. The van der Waals surface area contributed by atoms with Gasteiger partial charge in [0.1, 0.15) is 5.76 Å². The normalized spacial score (nSPS) is 12.3. The molecule has 0 spiro atoms. The van der Waals surface area contributed by atoms with Gasteiger partial charge in [0.15, 0.2) is 5.96 Å². The van der Waals surface area contributed by atoms with Crippen LogP contribution in [0, 0.1) is 0 Å². The first-order valence-electron chi connectivity index (χ1n) is 10.0. The van der Waals surface area contributed by atoms with Crippen LogP contribution in [0.1, 0.15) is 41.6 Å². The molecule has 1 heterocycles. The van der Waals surface area contributed by atoms with Crippen molar-refractivity contribution in [1.29, 1.82) is 0 Å². The van der Waals surface area contributed by atoms with Gasteiger partial charge < -0.3 is 20.0 Å². The van der Waals surface area contributed by atoms with Crippen molar-refractivity contribution in [2.75, 3.05) is 40.8 Å². The lowest BCUT2D eigenvalue weighted by atomic mass is 10.1. The number of halogens is 1. The first-order valence-corrected chi connectivity index (χ1v) is 10.0. The summed E-state index contributed by atoms with van der Waals surface area (Å²) >= 11 is 0. The van der Waals surface area contributed by atoms with Crippen molar-refractivity contribution in [3.63, 3.8) is 0 Å². The summed E-state index contributed by atoms with van der Waals surface area (Å²) in [6, 6.07) is 11.7. The summed E-state index contributed by atoms with van der Waals surface area (Å²) in [4.78, 5) is 20.2. The lowest BCUT2D eigenvalue weighted by Gasteiger charge is -2.28. The fourth-order valence-electron chi connectivity index (χ4n) is 3.18. The van der Waals surface area contributed by atoms with Gasteiger partial charge in [0.25, 0.3) is 5.91 Å². The van der Waals surface area contributed by atoms with Crippen molar-refractivity contribution < 1.29 is 9.21 Å². The summed E-state index contributed by atoms with van der Waals surface area (Å²) < 4.78 is 5.65. The minimum Gasteiger partial charge on any atom is -0.468 e. The molecule has 7 nitrogen and oxygen atoms in total. The molecule has 0 aliphatic carbocycles. The van der Waals surface area contributed by atoms with E-state index in [1.807, 2.05) is 36.4 Å². The van der Waals surface area contributed by atoms with Crippen molar-refractivity contribution in [3.8, 4) is 0 Å². The highest BCUT2D eigenvalue weighted by Gasteiger charge is 2.20. The number of nitrogens with one attached hydrogen (secondary N) is 2. The van der Waals surface area contributed by atoms with E-state index in [1.165, 1.54) is 0 Å². The van der Waals surface area contributed by atoms with E-state index in [4.69, 9.17) is 4.42 Å². The van der Waals surface area contributed by atoms with Gasteiger partial charge in [0.05, 0.1) is 12.3 Å². The van der Waals surface area contributed by atoms with Crippen molar-refractivity contribution in [2.24, 2.45) is 4.99 Å². The topological polar surface area (TPSA) is 73.1 Å². The summed E-state index contributed by atoms with van der Waals surface area (Å²) in [5.41, 5.74) is 1.76. The minimum absolute atomic E-state index is 0. The van der Waals surface area contributed by atoms with Crippen LogP contribution in [0.3, 0.4) is 0 Å². The quantitative estimate of drug-likeness (QED) is 0.298. The lowest BCUT2D eigenvalue weighted by molar-refractivity contribution is 0.0827. The van der Waals surface area contributed by atoms with E-state index in [0.29, 0.717) is 18.7 Å². The first kappa shape index (κ1) is 26.0. The van der Waals surface area contributed by atoms with Crippen molar-refractivity contribution >= 4 is 35.8 Å². The Hall–Kier alpha value is -2.07. The molecule has 2 aromatic rings. The third kappa shape index (κ3) is 7.32. The van der Waals surface area contributed by atoms with Gasteiger partial charge in [-0.1, -0.05) is 26.0 Å². The number of guanidine groups is 1. The maximum atomic E-state index is 12.0. The second kappa shape index (κ2) is 13.3. The van der Waals surface area contributed by atoms with E-state index < -0.39 is 0 Å². The Morgan fingerprint density at radius 1 is 1.10 bits per heavy atom. The van der Waals surface area contributed by atoms with Crippen LogP contribution in [-0.2, 0) is 6.54 Å². The Balaban J connectivity index is 0.00000450. The number of amides is 1. The molecule has 1 amide bonds. The number of likely N-dealkylation sites (N-methyl/N-ethyl adjacent to an activating group) is 1. The third-order valence-corrected chi connectivity index (χ3v) is 4.88. The number of carbonyl (C=O) groups excluding carboxylic acids is 1. The second-order valence-electron chi connectivity index (χ2n) is 6.96. The molecule has 1 aromatic carbocycles. The van der Waals surface area contributed by atoms with Crippen LogP contribution in [0.15, 0.2) is 52.1 Å². The van der Waals surface area contributed by atoms with Crippen molar-refractivity contribution in [3.05, 3.63) is 59.5 Å². The molecule has 166 valence electrons. The fraction of sp³-hybridized carbons (Fsp3) is 0.455. The molecule has 0 radical (unpaired) electrons. The highest BCUT2D eigenvalue weighted by molar-refractivity contribution is 14.0. The standard InChI is InChI=1S/C22H33N5O2.HI/c1-6-27(7-2)19(20-9-8-14-29-20)16-25-22(23-3)24-15-17-10-12-18(13-11-17)21(28)26(4)5;/h8-14,19H,6-7,15-16H2,1-5H3,(H2,23,24,25);1H. The molecule has 0 saturated carbocycles. The maximum Gasteiger partial charge on any atom is 0.253 e. The van der Waals surface area contributed by atoms with Gasteiger partial charge in [-0.25, -0.2) is 0 Å². The van der Waals surface area contributed by atoms with Gasteiger partial charge in [-0.05, 0) is 42.9 Å². The van der Waals surface area contributed by atoms with Gasteiger partial charge in [0, 0.05) is 39.8 Å². The number of aliphatic imine (C=N–C) groups is 1. The average Bonchev–Trinajstić information content (AvgIpc) is 3.27. The van der Waals surface area contributed by atoms with Gasteiger partial charge in [-0.3, -0.25) is 14.7 Å². The summed E-state index contributed by atoms with van der Waals surface area (Å²) in [5.74, 6) is 1.67. The maximum absolute atomic E-state index is 12.0. The molecule has 0 aliphatic rings. The molecule has 1 aromatic heterocycles. The largest absolute Gasteiger partial charge is 0.468 e. The van der Waals surface area contributed by atoms with Crippen LogP contribution in [0.25, 0.3) is 0 Å². The second-order valence-corrected chi connectivity index (χ2v) is 6.96. The Labute approximate surface area is 196 Å². The van der Waals surface area contributed by atoms with Crippen LogP contribution in [0.5, 0.6) is 0 Å². The monoisotopic (exact) mass is 527 g/mol. The molecule has 2 rings (SSSR count). The number of carbonyl (C=O) groups is 1. The molecule has 0 bridgehead atoms. The minimum atomic E-state index is 0. The number of rotatable bonds is 9. The van der Waals surface area contributed by atoms with Gasteiger partial charge in [0.2, 0.25) is 0 Å². The SMILES string of the molecule is CCN(CC)C(CNC(=NC)NCc1ccc(C(=O)N(C)C)cc1)c1ccco1.I. The molecule has 30 heavy (non-hydrogen) atoms. The lowest BCUT2D eigenvalue weighted by Crippen LogP contribution is -2.42. The molecule has 0 fully saturated rings. The van der Waals surface area contributed by atoms with Crippen molar-refractivity contribution in [2.45, 2.75) is 26.4 Å². The molecule has 2 N–H and O–H groups in total. The van der Waals surface area contributed by atoms with Crippen LogP contribution in [0.4, 0.5) is 0 Å². The number of hydrogen-bond donors (Lipinski definition) is 2. The predicted molar refractivity (Wildman–Crippen MR) is 132 cm³/mol. The van der Waals surface area contributed by atoms with E-state index in [1.54, 1.807) is 32.3 Å². The smallest absolute Gasteiger partial charge is 0.253 e. The Bertz CT molecular complexity index is 771. The average molecular weight is 527 g/mol. The van der Waals surface area contributed by atoms with E-state index in [-0.39, 0.29) is 35.9 Å². The van der Waals surface area contributed by atoms with Gasteiger partial charge in [-0.2, -0.15) is 0 Å². The van der Waals surface area contributed by atoms with E-state index in [0.717, 1.165) is 30.4 Å². The van der Waals surface area contributed by atoms with E-state index in [2.05, 4.69) is 34.4 Å². The highest BCUT2D eigenvalue weighted by Crippen LogP contribution is 2.20. The van der Waals surface area contributed by atoms with Crippen LogP contribution >= 0.6 is 24.0 Å². The summed E-state index contributed by atoms with van der Waals surface area (Å²) in [6.45, 7) is 7.48.